The fourth-order valence-corrected chi connectivity index (χ4v) is 1.95. The minimum atomic E-state index is 0.361. The van der Waals surface area contributed by atoms with E-state index >= 15 is 0 Å². The van der Waals surface area contributed by atoms with Gasteiger partial charge in [-0.05, 0) is 39.3 Å². The van der Waals surface area contributed by atoms with Crippen LogP contribution in [0.25, 0.3) is 0 Å². The van der Waals surface area contributed by atoms with Crippen LogP contribution in [0, 0.1) is 12.3 Å². The first-order valence-electron chi connectivity index (χ1n) is 5.19. The number of nitrogens with zero attached hydrogens (tertiary/aromatic N) is 1. The van der Waals surface area contributed by atoms with Crippen LogP contribution in [0.2, 0.25) is 0 Å². The summed E-state index contributed by atoms with van der Waals surface area (Å²) in [6.45, 7) is 4.53. The Morgan fingerprint density at radius 2 is 2.38 bits per heavy atom. The van der Waals surface area contributed by atoms with E-state index in [0.29, 0.717) is 12.1 Å². The molecule has 13 heavy (non-hydrogen) atoms. The van der Waals surface area contributed by atoms with E-state index < -0.39 is 0 Å². The van der Waals surface area contributed by atoms with Crippen LogP contribution < -0.4 is 5.73 Å². The fraction of sp³-hybridized carbons (Fsp3) is 0.818. The van der Waals surface area contributed by atoms with Gasteiger partial charge >= 0.3 is 0 Å². The second-order valence-corrected chi connectivity index (χ2v) is 3.89. The summed E-state index contributed by atoms with van der Waals surface area (Å²) in [5.74, 6) is 2.68. The standard InChI is InChI=1S/C11H20N2/c1-3-4-5-8-13-9-6-7-11(12)10(13)2/h1,10-11H,4-9,12H2,2H3/t10-,11-/m1/s1. The van der Waals surface area contributed by atoms with Gasteiger partial charge in [0, 0.05) is 18.5 Å². The molecule has 0 aromatic heterocycles. The minimum Gasteiger partial charge on any atom is -0.326 e. The topological polar surface area (TPSA) is 29.3 Å². The van der Waals surface area contributed by atoms with Crippen LogP contribution >= 0.6 is 0 Å². The van der Waals surface area contributed by atoms with Crippen LogP contribution in [0.1, 0.15) is 32.6 Å². The van der Waals surface area contributed by atoms with Crippen molar-refractivity contribution in [3.05, 3.63) is 0 Å². The second-order valence-electron chi connectivity index (χ2n) is 3.89. The summed E-state index contributed by atoms with van der Waals surface area (Å²) >= 11 is 0. The third-order valence-corrected chi connectivity index (χ3v) is 2.94. The molecule has 1 aliphatic rings. The molecule has 2 N–H and O–H groups in total. The Morgan fingerprint density at radius 1 is 1.62 bits per heavy atom. The number of nitrogens with two attached hydrogens (primary N) is 1. The molecule has 2 atom stereocenters. The number of piperidine rings is 1. The van der Waals surface area contributed by atoms with Gasteiger partial charge in [-0.1, -0.05) is 0 Å². The largest absolute Gasteiger partial charge is 0.326 e. The van der Waals surface area contributed by atoms with Crippen molar-refractivity contribution in [2.45, 2.75) is 44.7 Å². The Hall–Kier alpha value is -0.520. The van der Waals surface area contributed by atoms with Crippen LogP contribution in [-0.2, 0) is 0 Å². The Bertz CT molecular complexity index is 183. The Morgan fingerprint density at radius 3 is 3.08 bits per heavy atom. The number of hydrogen-bond donors (Lipinski definition) is 1. The number of unbranched alkanes of at least 4 members (excludes halogenated alkanes) is 1. The van der Waals surface area contributed by atoms with Gasteiger partial charge in [0.05, 0.1) is 0 Å². The second kappa shape index (κ2) is 5.26. The molecular formula is C11H20N2. The maximum Gasteiger partial charge on any atom is 0.0218 e. The SMILES string of the molecule is C#CCCCN1CCC[C@@H](N)[C@H]1C. The summed E-state index contributed by atoms with van der Waals surface area (Å²) in [6.07, 6.45) is 9.62. The highest BCUT2D eigenvalue weighted by Gasteiger charge is 2.23. The quantitative estimate of drug-likeness (QED) is 0.522. The number of terminal acetylenes is 1. The van der Waals surface area contributed by atoms with Crippen molar-refractivity contribution in [3.8, 4) is 12.3 Å². The molecule has 2 nitrogen and oxygen atoms in total. The molecule has 0 spiro atoms. The van der Waals surface area contributed by atoms with Crippen molar-refractivity contribution in [3.63, 3.8) is 0 Å². The van der Waals surface area contributed by atoms with Gasteiger partial charge in [0.25, 0.3) is 0 Å². The molecule has 0 aromatic carbocycles. The number of rotatable bonds is 3. The first kappa shape index (κ1) is 10.6. The first-order valence-corrected chi connectivity index (χ1v) is 5.19. The van der Waals surface area contributed by atoms with Gasteiger partial charge < -0.3 is 5.73 Å². The molecule has 74 valence electrons. The van der Waals surface area contributed by atoms with Crippen molar-refractivity contribution in [1.29, 1.82) is 0 Å². The molecule has 1 rings (SSSR count). The molecule has 0 radical (unpaired) electrons. The Balaban J connectivity index is 2.27. The van der Waals surface area contributed by atoms with Gasteiger partial charge in [-0.15, -0.1) is 12.3 Å². The van der Waals surface area contributed by atoms with Gasteiger partial charge in [-0.25, -0.2) is 0 Å². The fourth-order valence-electron chi connectivity index (χ4n) is 1.95. The summed E-state index contributed by atoms with van der Waals surface area (Å²) < 4.78 is 0. The molecular weight excluding hydrogens is 160 g/mol. The highest BCUT2D eigenvalue weighted by atomic mass is 15.2. The van der Waals surface area contributed by atoms with E-state index in [-0.39, 0.29) is 0 Å². The highest BCUT2D eigenvalue weighted by Crippen LogP contribution is 2.15. The Kier molecular flexibility index (Phi) is 4.27. The lowest BCUT2D eigenvalue weighted by molar-refractivity contribution is 0.140. The van der Waals surface area contributed by atoms with E-state index in [2.05, 4.69) is 17.7 Å². The molecule has 0 saturated carbocycles. The number of hydrogen-bond acceptors (Lipinski definition) is 2. The summed E-state index contributed by atoms with van der Waals surface area (Å²) in [6, 6.07) is 0.895. The third kappa shape index (κ3) is 3.02. The summed E-state index contributed by atoms with van der Waals surface area (Å²) in [4.78, 5) is 2.46. The highest BCUT2D eigenvalue weighted by molar-refractivity contribution is 4.86. The molecule has 0 aliphatic carbocycles. The van der Waals surface area contributed by atoms with Gasteiger partial charge in [0.1, 0.15) is 0 Å². The molecule has 2 heteroatoms. The summed E-state index contributed by atoms with van der Waals surface area (Å²) in [5, 5.41) is 0. The monoisotopic (exact) mass is 180 g/mol. The molecule has 1 saturated heterocycles. The van der Waals surface area contributed by atoms with Crippen molar-refractivity contribution >= 4 is 0 Å². The average molecular weight is 180 g/mol. The lowest BCUT2D eigenvalue weighted by Crippen LogP contribution is -2.50. The summed E-state index contributed by atoms with van der Waals surface area (Å²) in [5.41, 5.74) is 5.99. The third-order valence-electron chi connectivity index (χ3n) is 2.94. The van der Waals surface area contributed by atoms with Gasteiger partial charge in [0.2, 0.25) is 0 Å². The van der Waals surface area contributed by atoms with Gasteiger partial charge in [0.15, 0.2) is 0 Å². The molecule has 0 aromatic rings. The lowest BCUT2D eigenvalue weighted by atomic mass is 9.98. The van der Waals surface area contributed by atoms with E-state index in [4.69, 9.17) is 12.2 Å². The van der Waals surface area contributed by atoms with E-state index in [9.17, 15) is 0 Å². The van der Waals surface area contributed by atoms with E-state index in [1.165, 1.54) is 19.4 Å². The van der Waals surface area contributed by atoms with Crippen molar-refractivity contribution < 1.29 is 0 Å². The van der Waals surface area contributed by atoms with Gasteiger partial charge in [-0.2, -0.15) is 0 Å². The van der Waals surface area contributed by atoms with Crippen LogP contribution in [-0.4, -0.2) is 30.1 Å². The zero-order valence-corrected chi connectivity index (χ0v) is 8.50. The predicted molar refractivity (Wildman–Crippen MR) is 56.3 cm³/mol. The maximum absolute atomic E-state index is 5.99. The van der Waals surface area contributed by atoms with Crippen LogP contribution in [0.5, 0.6) is 0 Å². The van der Waals surface area contributed by atoms with Crippen LogP contribution in [0.4, 0.5) is 0 Å². The number of likely N-dealkylation sites (tertiary alicyclic amines) is 1. The van der Waals surface area contributed by atoms with E-state index in [1.807, 2.05) is 0 Å². The molecule has 0 unspecified atom stereocenters. The van der Waals surface area contributed by atoms with Crippen LogP contribution in [0.3, 0.4) is 0 Å². The molecule has 0 amide bonds. The molecule has 0 bridgehead atoms. The summed E-state index contributed by atoms with van der Waals surface area (Å²) in [7, 11) is 0. The van der Waals surface area contributed by atoms with E-state index in [0.717, 1.165) is 19.4 Å². The smallest absolute Gasteiger partial charge is 0.0218 e. The predicted octanol–water partition coefficient (Wildman–Crippen LogP) is 1.21. The maximum atomic E-state index is 5.99. The Labute approximate surface area is 81.5 Å². The van der Waals surface area contributed by atoms with Crippen molar-refractivity contribution in [2.75, 3.05) is 13.1 Å². The van der Waals surface area contributed by atoms with Crippen molar-refractivity contribution in [2.24, 2.45) is 5.73 Å². The van der Waals surface area contributed by atoms with Crippen LogP contribution in [0.15, 0.2) is 0 Å². The first-order chi connectivity index (χ1) is 6.25. The zero-order valence-electron chi connectivity index (χ0n) is 8.50. The molecule has 1 heterocycles. The normalized spacial score (nSPS) is 29.9. The zero-order chi connectivity index (χ0) is 9.68. The van der Waals surface area contributed by atoms with Gasteiger partial charge in [-0.3, -0.25) is 4.90 Å². The van der Waals surface area contributed by atoms with Crippen molar-refractivity contribution in [1.82, 2.24) is 4.90 Å². The molecule has 1 fully saturated rings. The van der Waals surface area contributed by atoms with E-state index in [1.54, 1.807) is 0 Å². The lowest BCUT2D eigenvalue weighted by Gasteiger charge is -2.37. The molecule has 1 aliphatic heterocycles. The minimum absolute atomic E-state index is 0.361. The average Bonchev–Trinajstić information content (AvgIpc) is 2.13.